The Labute approximate surface area is 184 Å². The van der Waals surface area contributed by atoms with E-state index in [1.54, 1.807) is 20.4 Å². The van der Waals surface area contributed by atoms with E-state index in [4.69, 9.17) is 14.5 Å². The molecule has 3 aromatic rings. The molecular formula is C24H31N5O2. The molecule has 2 aromatic carbocycles. The maximum Gasteiger partial charge on any atom is 0.191 e. The molecule has 0 aliphatic heterocycles. The predicted octanol–water partition coefficient (Wildman–Crippen LogP) is 3.25. The fourth-order valence-corrected chi connectivity index (χ4v) is 3.29. The van der Waals surface area contributed by atoms with Crippen molar-refractivity contribution < 1.29 is 9.47 Å². The lowest BCUT2D eigenvalue weighted by Gasteiger charge is -2.13. The van der Waals surface area contributed by atoms with Crippen LogP contribution in [0.4, 0.5) is 0 Å². The third-order valence-corrected chi connectivity index (χ3v) is 4.83. The Morgan fingerprint density at radius 3 is 2.58 bits per heavy atom. The van der Waals surface area contributed by atoms with E-state index in [0.717, 1.165) is 43.5 Å². The van der Waals surface area contributed by atoms with Gasteiger partial charge in [0.15, 0.2) is 17.5 Å². The highest BCUT2D eigenvalue weighted by atomic mass is 16.5. The molecule has 0 fully saturated rings. The number of nitrogens with one attached hydrogen (secondary N) is 2. The van der Waals surface area contributed by atoms with E-state index in [1.807, 2.05) is 24.7 Å². The van der Waals surface area contributed by atoms with Crippen LogP contribution < -0.4 is 20.1 Å². The minimum atomic E-state index is 0.615. The van der Waals surface area contributed by atoms with Crippen LogP contribution in [-0.2, 0) is 19.5 Å². The van der Waals surface area contributed by atoms with Crippen LogP contribution in [-0.4, -0.2) is 42.8 Å². The number of guanidine groups is 1. The summed E-state index contributed by atoms with van der Waals surface area (Å²) >= 11 is 0. The molecule has 3 rings (SSSR count). The summed E-state index contributed by atoms with van der Waals surface area (Å²) < 4.78 is 12.7. The van der Waals surface area contributed by atoms with Crippen LogP contribution in [0.15, 0.2) is 66.2 Å². The Hall–Kier alpha value is -3.48. The van der Waals surface area contributed by atoms with Gasteiger partial charge in [-0.15, -0.1) is 0 Å². The fraction of sp³-hybridized carbons (Fsp3) is 0.333. The Balaban J connectivity index is 1.56. The molecular weight excluding hydrogens is 390 g/mol. The number of ether oxygens (including phenoxy) is 2. The Kier molecular flexibility index (Phi) is 8.34. The van der Waals surface area contributed by atoms with Gasteiger partial charge in [0, 0.05) is 32.0 Å². The minimum absolute atomic E-state index is 0.615. The van der Waals surface area contributed by atoms with Crippen LogP contribution >= 0.6 is 0 Å². The third-order valence-electron chi connectivity index (χ3n) is 4.83. The molecule has 0 atom stereocenters. The van der Waals surface area contributed by atoms with Gasteiger partial charge < -0.3 is 24.7 Å². The molecule has 0 saturated carbocycles. The van der Waals surface area contributed by atoms with Crippen LogP contribution in [0.25, 0.3) is 0 Å². The summed E-state index contributed by atoms with van der Waals surface area (Å²) in [5.41, 5.74) is 3.58. The quantitative estimate of drug-likeness (QED) is 0.388. The number of hydrogen-bond donors (Lipinski definition) is 2. The van der Waals surface area contributed by atoms with E-state index in [-0.39, 0.29) is 0 Å². The predicted molar refractivity (Wildman–Crippen MR) is 124 cm³/mol. The van der Waals surface area contributed by atoms with Crippen molar-refractivity contribution in [3.05, 3.63) is 77.9 Å². The molecule has 2 N–H and O–H groups in total. The highest BCUT2D eigenvalue weighted by Crippen LogP contribution is 2.27. The zero-order valence-corrected chi connectivity index (χ0v) is 18.5. The second-order valence-electron chi connectivity index (χ2n) is 7.12. The summed E-state index contributed by atoms with van der Waals surface area (Å²) in [5.74, 6) is 2.29. The highest BCUT2D eigenvalue weighted by Gasteiger charge is 2.05. The van der Waals surface area contributed by atoms with E-state index in [2.05, 4.69) is 57.4 Å². The largest absolute Gasteiger partial charge is 0.493 e. The number of aromatic nitrogens is 2. The fourth-order valence-electron chi connectivity index (χ4n) is 3.29. The van der Waals surface area contributed by atoms with E-state index in [0.29, 0.717) is 6.54 Å². The van der Waals surface area contributed by atoms with Gasteiger partial charge in [-0.25, -0.2) is 9.98 Å². The van der Waals surface area contributed by atoms with Crippen molar-refractivity contribution in [2.45, 2.75) is 26.4 Å². The summed E-state index contributed by atoms with van der Waals surface area (Å²) in [7, 11) is 3.30. The molecule has 1 heterocycles. The molecule has 0 radical (unpaired) electrons. The van der Waals surface area contributed by atoms with Gasteiger partial charge in [0.25, 0.3) is 0 Å². The highest BCUT2D eigenvalue weighted by molar-refractivity contribution is 5.79. The van der Waals surface area contributed by atoms with Crippen LogP contribution in [0.2, 0.25) is 0 Å². The SMILES string of the molecule is CCNC(=NCc1cccc(Cn2ccnc2)c1)NCCc1ccc(OC)c(OC)c1. The van der Waals surface area contributed by atoms with Gasteiger partial charge in [-0.3, -0.25) is 0 Å². The van der Waals surface area contributed by atoms with Gasteiger partial charge >= 0.3 is 0 Å². The number of aliphatic imine (C=N–C) groups is 1. The molecule has 31 heavy (non-hydrogen) atoms. The van der Waals surface area contributed by atoms with Crippen LogP contribution in [0, 0.1) is 0 Å². The zero-order chi connectivity index (χ0) is 21.9. The van der Waals surface area contributed by atoms with E-state index >= 15 is 0 Å². The van der Waals surface area contributed by atoms with Crippen LogP contribution in [0.5, 0.6) is 11.5 Å². The first-order valence-electron chi connectivity index (χ1n) is 10.5. The number of hydrogen-bond acceptors (Lipinski definition) is 4. The second kappa shape index (κ2) is 11.6. The lowest BCUT2D eigenvalue weighted by molar-refractivity contribution is 0.354. The van der Waals surface area contributed by atoms with E-state index < -0.39 is 0 Å². The maximum atomic E-state index is 5.39. The summed E-state index contributed by atoms with van der Waals surface area (Å²) in [6, 6.07) is 14.5. The average molecular weight is 422 g/mol. The van der Waals surface area contributed by atoms with Crippen molar-refractivity contribution in [3.8, 4) is 11.5 Å². The van der Waals surface area contributed by atoms with Crippen LogP contribution in [0.1, 0.15) is 23.6 Å². The first-order valence-corrected chi connectivity index (χ1v) is 10.5. The van der Waals surface area contributed by atoms with Gasteiger partial charge in [-0.05, 0) is 42.2 Å². The molecule has 0 spiro atoms. The number of benzene rings is 2. The van der Waals surface area contributed by atoms with Crippen molar-refractivity contribution in [2.75, 3.05) is 27.3 Å². The van der Waals surface area contributed by atoms with Crippen molar-refractivity contribution in [3.63, 3.8) is 0 Å². The topological polar surface area (TPSA) is 72.7 Å². The Morgan fingerprint density at radius 2 is 1.84 bits per heavy atom. The second-order valence-corrected chi connectivity index (χ2v) is 7.12. The average Bonchev–Trinajstić information content (AvgIpc) is 3.30. The Bertz CT molecular complexity index is 970. The number of nitrogens with zero attached hydrogens (tertiary/aromatic N) is 3. The normalized spacial score (nSPS) is 11.3. The first-order chi connectivity index (χ1) is 15.2. The smallest absolute Gasteiger partial charge is 0.191 e. The van der Waals surface area contributed by atoms with Crippen LogP contribution in [0.3, 0.4) is 0 Å². The van der Waals surface area contributed by atoms with Gasteiger partial charge in [0.05, 0.1) is 27.1 Å². The van der Waals surface area contributed by atoms with Crippen molar-refractivity contribution in [2.24, 2.45) is 4.99 Å². The molecule has 0 amide bonds. The molecule has 0 bridgehead atoms. The van der Waals surface area contributed by atoms with E-state index in [1.165, 1.54) is 16.7 Å². The minimum Gasteiger partial charge on any atom is -0.493 e. The molecule has 7 nitrogen and oxygen atoms in total. The molecule has 0 aliphatic carbocycles. The monoisotopic (exact) mass is 421 g/mol. The summed E-state index contributed by atoms with van der Waals surface area (Å²) in [4.78, 5) is 8.85. The van der Waals surface area contributed by atoms with Crippen molar-refractivity contribution in [1.29, 1.82) is 0 Å². The third kappa shape index (κ3) is 6.77. The summed E-state index contributed by atoms with van der Waals surface area (Å²) in [6.45, 7) is 5.06. The lowest BCUT2D eigenvalue weighted by Crippen LogP contribution is -2.38. The first kappa shape index (κ1) is 22.2. The number of methoxy groups -OCH3 is 2. The number of imidazole rings is 1. The lowest BCUT2D eigenvalue weighted by atomic mass is 10.1. The molecule has 0 aliphatic rings. The van der Waals surface area contributed by atoms with E-state index in [9.17, 15) is 0 Å². The van der Waals surface area contributed by atoms with Gasteiger partial charge in [-0.2, -0.15) is 0 Å². The number of rotatable bonds is 10. The molecule has 0 unspecified atom stereocenters. The van der Waals surface area contributed by atoms with Gasteiger partial charge in [0.1, 0.15) is 0 Å². The Morgan fingerprint density at radius 1 is 1.00 bits per heavy atom. The molecule has 164 valence electrons. The van der Waals surface area contributed by atoms with Gasteiger partial charge in [-0.1, -0.05) is 30.3 Å². The summed E-state index contributed by atoms with van der Waals surface area (Å²) in [6.07, 6.45) is 6.45. The maximum absolute atomic E-state index is 5.39. The van der Waals surface area contributed by atoms with Crippen molar-refractivity contribution in [1.82, 2.24) is 20.2 Å². The van der Waals surface area contributed by atoms with Gasteiger partial charge in [0.2, 0.25) is 0 Å². The standard InChI is InChI=1S/C24H31N5O2/c1-4-26-24(27-11-10-19-8-9-22(30-2)23(15-19)31-3)28-16-20-6-5-7-21(14-20)17-29-13-12-25-18-29/h5-9,12-15,18H,4,10-11,16-17H2,1-3H3,(H2,26,27,28). The summed E-state index contributed by atoms with van der Waals surface area (Å²) in [5, 5.41) is 6.72. The molecule has 1 aromatic heterocycles. The zero-order valence-electron chi connectivity index (χ0n) is 18.5. The molecule has 7 heteroatoms. The molecule has 0 saturated heterocycles. The van der Waals surface area contributed by atoms with Crippen molar-refractivity contribution >= 4 is 5.96 Å².